The predicted octanol–water partition coefficient (Wildman–Crippen LogP) is 3.04. The van der Waals surface area contributed by atoms with Gasteiger partial charge in [0.15, 0.2) is 0 Å². The molecule has 0 spiro atoms. The highest BCUT2D eigenvalue weighted by molar-refractivity contribution is 5.91. The standard InChI is InChI=1S/C19H17FN4O/c1-14-21-10-11-24(14)18-7-5-15(12-17(18)20)13-23-19(25)8-6-16-4-2-3-9-22-16/h2-12H,13H2,1H3,(H,23,25). The van der Waals surface area contributed by atoms with Gasteiger partial charge in [-0.15, -0.1) is 0 Å². The van der Waals surface area contributed by atoms with Crippen molar-refractivity contribution in [3.8, 4) is 5.69 Å². The van der Waals surface area contributed by atoms with Crippen molar-refractivity contribution in [3.05, 3.63) is 84.0 Å². The van der Waals surface area contributed by atoms with Crippen molar-refractivity contribution in [2.24, 2.45) is 0 Å². The van der Waals surface area contributed by atoms with Crippen LogP contribution in [0.1, 0.15) is 17.1 Å². The van der Waals surface area contributed by atoms with Gasteiger partial charge in [0.05, 0.1) is 11.4 Å². The molecule has 25 heavy (non-hydrogen) atoms. The maximum atomic E-state index is 14.3. The number of carbonyl (C=O) groups excluding carboxylic acids is 1. The Labute approximate surface area is 144 Å². The number of rotatable bonds is 5. The lowest BCUT2D eigenvalue weighted by atomic mass is 10.2. The smallest absolute Gasteiger partial charge is 0.244 e. The van der Waals surface area contributed by atoms with Crippen LogP contribution in [0, 0.1) is 12.7 Å². The third kappa shape index (κ3) is 4.17. The normalized spacial score (nSPS) is 11.0. The third-order valence-electron chi connectivity index (χ3n) is 3.66. The van der Waals surface area contributed by atoms with Crippen LogP contribution in [0.25, 0.3) is 11.8 Å². The first-order chi connectivity index (χ1) is 12.1. The molecule has 0 aliphatic rings. The third-order valence-corrected chi connectivity index (χ3v) is 3.66. The molecule has 2 heterocycles. The monoisotopic (exact) mass is 336 g/mol. The summed E-state index contributed by atoms with van der Waals surface area (Å²) in [6, 6.07) is 10.3. The number of aromatic nitrogens is 3. The molecule has 3 aromatic rings. The van der Waals surface area contributed by atoms with E-state index in [9.17, 15) is 9.18 Å². The van der Waals surface area contributed by atoms with Gasteiger partial charge in [-0.25, -0.2) is 9.37 Å². The average molecular weight is 336 g/mol. The van der Waals surface area contributed by atoms with Gasteiger partial charge in [-0.3, -0.25) is 9.78 Å². The summed E-state index contributed by atoms with van der Waals surface area (Å²) in [5.41, 5.74) is 1.81. The molecule has 0 atom stereocenters. The largest absolute Gasteiger partial charge is 0.348 e. The summed E-state index contributed by atoms with van der Waals surface area (Å²) in [5.74, 6) is 0.0806. The number of carbonyl (C=O) groups is 1. The Hall–Kier alpha value is -3.28. The highest BCUT2D eigenvalue weighted by Gasteiger charge is 2.08. The molecule has 3 rings (SSSR count). The van der Waals surface area contributed by atoms with Crippen LogP contribution in [0.15, 0.2) is 61.1 Å². The van der Waals surface area contributed by atoms with Crippen molar-refractivity contribution in [3.63, 3.8) is 0 Å². The van der Waals surface area contributed by atoms with Gasteiger partial charge in [0.1, 0.15) is 11.6 Å². The Balaban J connectivity index is 1.62. The van der Waals surface area contributed by atoms with Crippen molar-refractivity contribution in [2.75, 3.05) is 0 Å². The number of aryl methyl sites for hydroxylation is 1. The second-order valence-corrected chi connectivity index (χ2v) is 5.44. The summed E-state index contributed by atoms with van der Waals surface area (Å²) >= 11 is 0. The van der Waals surface area contributed by atoms with Crippen LogP contribution < -0.4 is 5.32 Å². The van der Waals surface area contributed by atoms with Crippen molar-refractivity contribution in [1.29, 1.82) is 0 Å². The summed E-state index contributed by atoms with van der Waals surface area (Å²) in [5, 5.41) is 2.72. The molecule has 6 heteroatoms. The molecule has 0 unspecified atom stereocenters. The summed E-state index contributed by atoms with van der Waals surface area (Å²) in [6.45, 7) is 2.05. The molecule has 126 valence electrons. The maximum absolute atomic E-state index is 14.3. The van der Waals surface area contributed by atoms with E-state index in [0.29, 0.717) is 22.8 Å². The topological polar surface area (TPSA) is 59.8 Å². The highest BCUT2D eigenvalue weighted by Crippen LogP contribution is 2.16. The number of pyridine rings is 1. The molecule has 0 aliphatic heterocycles. The van der Waals surface area contributed by atoms with E-state index < -0.39 is 0 Å². The van der Waals surface area contributed by atoms with Gasteiger partial charge in [-0.1, -0.05) is 12.1 Å². The molecular formula is C19H17FN4O. The second kappa shape index (κ2) is 7.53. The first kappa shape index (κ1) is 16.6. The van der Waals surface area contributed by atoms with Gasteiger partial charge in [0.25, 0.3) is 0 Å². The molecule has 5 nitrogen and oxygen atoms in total. The second-order valence-electron chi connectivity index (χ2n) is 5.44. The van der Waals surface area contributed by atoms with Crippen LogP contribution in [0.2, 0.25) is 0 Å². The molecule has 0 bridgehead atoms. The molecule has 0 radical (unpaired) electrons. The van der Waals surface area contributed by atoms with Gasteiger partial charge < -0.3 is 9.88 Å². The Bertz CT molecular complexity index is 903. The lowest BCUT2D eigenvalue weighted by molar-refractivity contribution is -0.116. The Kier molecular flexibility index (Phi) is 4.99. The van der Waals surface area contributed by atoms with E-state index in [1.54, 1.807) is 53.5 Å². The van der Waals surface area contributed by atoms with Crippen LogP contribution in [0.5, 0.6) is 0 Å². The van der Waals surface area contributed by atoms with E-state index in [2.05, 4.69) is 15.3 Å². The van der Waals surface area contributed by atoms with Crippen molar-refractivity contribution >= 4 is 12.0 Å². The minimum Gasteiger partial charge on any atom is -0.348 e. The van der Waals surface area contributed by atoms with Crippen LogP contribution in [0.3, 0.4) is 0 Å². The molecular weight excluding hydrogens is 319 g/mol. The van der Waals surface area contributed by atoms with Gasteiger partial charge in [-0.2, -0.15) is 0 Å². The molecule has 1 amide bonds. The molecule has 0 fully saturated rings. The molecule has 0 aliphatic carbocycles. The first-order valence-corrected chi connectivity index (χ1v) is 7.79. The number of nitrogens with zero attached hydrogens (tertiary/aromatic N) is 3. The highest BCUT2D eigenvalue weighted by atomic mass is 19.1. The van der Waals surface area contributed by atoms with Crippen LogP contribution in [-0.2, 0) is 11.3 Å². The van der Waals surface area contributed by atoms with Crippen LogP contribution >= 0.6 is 0 Å². The van der Waals surface area contributed by atoms with Crippen LogP contribution in [-0.4, -0.2) is 20.4 Å². The fraction of sp³-hybridized carbons (Fsp3) is 0.105. The van der Waals surface area contributed by atoms with Gasteiger partial charge in [0, 0.05) is 31.2 Å². The van der Waals surface area contributed by atoms with Gasteiger partial charge in [-0.05, 0) is 42.8 Å². The summed E-state index contributed by atoms with van der Waals surface area (Å²) < 4.78 is 16.0. The zero-order valence-corrected chi connectivity index (χ0v) is 13.7. The zero-order chi connectivity index (χ0) is 17.6. The summed E-state index contributed by atoms with van der Waals surface area (Å²) in [4.78, 5) is 20.0. The quantitative estimate of drug-likeness (QED) is 0.729. The van der Waals surface area contributed by atoms with Crippen molar-refractivity contribution < 1.29 is 9.18 Å². The average Bonchev–Trinajstić information content (AvgIpc) is 3.05. The van der Waals surface area contributed by atoms with E-state index in [1.807, 2.05) is 13.0 Å². The predicted molar refractivity (Wildman–Crippen MR) is 93.4 cm³/mol. The fourth-order valence-electron chi connectivity index (χ4n) is 2.37. The number of benzene rings is 1. The number of amides is 1. The number of hydrogen-bond acceptors (Lipinski definition) is 3. The van der Waals surface area contributed by atoms with E-state index in [4.69, 9.17) is 0 Å². The Morgan fingerprint density at radius 2 is 2.12 bits per heavy atom. The SMILES string of the molecule is Cc1nccn1-c1ccc(CNC(=O)C=Cc2ccccn2)cc1F. The number of halogens is 1. The lowest BCUT2D eigenvalue weighted by Gasteiger charge is -2.09. The number of hydrogen-bond donors (Lipinski definition) is 1. The Morgan fingerprint density at radius 1 is 1.24 bits per heavy atom. The summed E-state index contributed by atoms with van der Waals surface area (Å²) in [6.07, 6.45) is 8.01. The zero-order valence-electron chi connectivity index (χ0n) is 13.7. The van der Waals surface area contributed by atoms with Crippen molar-refractivity contribution in [2.45, 2.75) is 13.5 Å². The van der Waals surface area contributed by atoms with Crippen molar-refractivity contribution in [1.82, 2.24) is 19.9 Å². The molecule has 1 N–H and O–H groups in total. The molecule has 2 aromatic heterocycles. The number of nitrogens with one attached hydrogen (secondary N) is 1. The maximum Gasteiger partial charge on any atom is 0.244 e. The van der Waals surface area contributed by atoms with E-state index >= 15 is 0 Å². The molecule has 1 aromatic carbocycles. The summed E-state index contributed by atoms with van der Waals surface area (Å²) in [7, 11) is 0. The number of imidazole rings is 1. The van der Waals surface area contributed by atoms with Crippen LogP contribution in [0.4, 0.5) is 4.39 Å². The minimum atomic E-state index is -0.364. The van der Waals surface area contributed by atoms with E-state index in [-0.39, 0.29) is 18.3 Å². The van der Waals surface area contributed by atoms with Gasteiger partial charge >= 0.3 is 0 Å². The molecule has 0 saturated carbocycles. The first-order valence-electron chi connectivity index (χ1n) is 7.79. The van der Waals surface area contributed by atoms with E-state index in [0.717, 1.165) is 0 Å². The van der Waals surface area contributed by atoms with Gasteiger partial charge in [0.2, 0.25) is 5.91 Å². The Morgan fingerprint density at radius 3 is 2.80 bits per heavy atom. The minimum absolute atomic E-state index is 0.242. The fourth-order valence-corrected chi connectivity index (χ4v) is 2.37. The van der Waals surface area contributed by atoms with E-state index in [1.165, 1.54) is 12.1 Å². The molecule has 0 saturated heterocycles. The lowest BCUT2D eigenvalue weighted by Crippen LogP contribution is -2.20.